The van der Waals surface area contributed by atoms with E-state index in [0.717, 1.165) is 28.9 Å². The molecule has 7 nitrogen and oxygen atoms in total. The number of methoxy groups -OCH3 is 1. The van der Waals surface area contributed by atoms with Gasteiger partial charge in [-0.2, -0.15) is 0 Å². The van der Waals surface area contributed by atoms with E-state index in [2.05, 4.69) is 11.1 Å². The number of pyridine rings is 1. The first-order valence-corrected chi connectivity index (χ1v) is 12.3. The Hall–Kier alpha value is -2.91. The second-order valence-corrected chi connectivity index (χ2v) is 9.21. The average Bonchev–Trinajstić information content (AvgIpc) is 2.84. The highest BCUT2D eigenvalue weighted by molar-refractivity contribution is 8.17. The SMILES string of the molecule is CC/C=C(\Cc1ccc(F)cc1C)SC(=NC)c1cn(CCN(C=O)CCOC)c(C)c(O)c1=O. The van der Waals surface area contributed by atoms with Gasteiger partial charge in [-0.05, 0) is 48.4 Å². The molecule has 0 spiro atoms. The maximum Gasteiger partial charge on any atom is 0.233 e. The van der Waals surface area contributed by atoms with Crippen molar-refractivity contribution in [1.29, 1.82) is 0 Å². The number of rotatable bonds is 12. The van der Waals surface area contributed by atoms with Gasteiger partial charge < -0.3 is 19.3 Å². The molecule has 35 heavy (non-hydrogen) atoms. The third kappa shape index (κ3) is 7.80. The predicted octanol–water partition coefficient (Wildman–Crippen LogP) is 4.06. The smallest absolute Gasteiger partial charge is 0.233 e. The van der Waals surface area contributed by atoms with E-state index < -0.39 is 5.43 Å². The normalized spacial score (nSPS) is 12.2. The van der Waals surface area contributed by atoms with Gasteiger partial charge in [-0.1, -0.05) is 30.8 Å². The van der Waals surface area contributed by atoms with E-state index in [1.165, 1.54) is 23.9 Å². The summed E-state index contributed by atoms with van der Waals surface area (Å²) in [5, 5.41) is 11.0. The molecule has 0 radical (unpaired) electrons. The number of ether oxygens (including phenoxy) is 1. The molecular formula is C26H34FN3O4S. The van der Waals surface area contributed by atoms with Crippen LogP contribution < -0.4 is 5.43 Å². The first-order chi connectivity index (χ1) is 16.7. The second-order valence-electron chi connectivity index (χ2n) is 8.09. The highest BCUT2D eigenvalue weighted by atomic mass is 32.2. The van der Waals surface area contributed by atoms with Crippen LogP contribution in [0, 0.1) is 19.7 Å². The lowest BCUT2D eigenvalue weighted by atomic mass is 10.1. The van der Waals surface area contributed by atoms with Crippen LogP contribution in [0.3, 0.4) is 0 Å². The van der Waals surface area contributed by atoms with E-state index in [1.807, 2.05) is 13.8 Å². The molecular weight excluding hydrogens is 469 g/mol. The second kappa shape index (κ2) is 13.8. The van der Waals surface area contributed by atoms with Crippen LogP contribution in [0.1, 0.15) is 35.7 Å². The molecule has 1 aromatic heterocycles. The highest BCUT2D eigenvalue weighted by Gasteiger charge is 2.18. The number of aromatic nitrogens is 1. The maximum atomic E-state index is 13.5. The van der Waals surface area contributed by atoms with Gasteiger partial charge >= 0.3 is 0 Å². The van der Waals surface area contributed by atoms with Crippen molar-refractivity contribution in [2.45, 2.75) is 40.2 Å². The summed E-state index contributed by atoms with van der Waals surface area (Å²) in [7, 11) is 3.18. The summed E-state index contributed by atoms with van der Waals surface area (Å²) in [6.07, 6.45) is 5.85. The number of aliphatic imine (C=N–C) groups is 1. The summed E-state index contributed by atoms with van der Waals surface area (Å²) >= 11 is 1.36. The Balaban J connectivity index is 2.34. The number of hydrogen-bond donors (Lipinski definition) is 1. The Bertz CT molecular complexity index is 1140. The van der Waals surface area contributed by atoms with Gasteiger partial charge in [-0.25, -0.2) is 4.39 Å². The fourth-order valence-corrected chi connectivity index (χ4v) is 4.63. The van der Waals surface area contributed by atoms with Crippen LogP contribution >= 0.6 is 11.8 Å². The molecule has 2 rings (SSSR count). The van der Waals surface area contributed by atoms with Gasteiger partial charge in [-0.3, -0.25) is 14.6 Å². The molecule has 0 unspecified atom stereocenters. The molecule has 0 fully saturated rings. The van der Waals surface area contributed by atoms with E-state index in [0.29, 0.717) is 43.4 Å². The molecule has 0 aliphatic heterocycles. The summed E-state index contributed by atoms with van der Waals surface area (Å²) in [4.78, 5) is 31.2. The molecule has 0 bridgehead atoms. The summed E-state index contributed by atoms with van der Waals surface area (Å²) in [5.74, 6) is -0.615. The molecule has 0 saturated heterocycles. The van der Waals surface area contributed by atoms with E-state index >= 15 is 0 Å². The fraction of sp³-hybridized carbons (Fsp3) is 0.423. The third-order valence-electron chi connectivity index (χ3n) is 5.64. The zero-order valence-electron chi connectivity index (χ0n) is 21.0. The maximum absolute atomic E-state index is 13.5. The molecule has 0 saturated carbocycles. The van der Waals surface area contributed by atoms with E-state index in [1.54, 1.807) is 42.8 Å². The predicted molar refractivity (Wildman–Crippen MR) is 140 cm³/mol. The topological polar surface area (TPSA) is 84.1 Å². The number of carbonyl (C=O) groups is 1. The molecule has 2 aromatic rings. The van der Waals surface area contributed by atoms with Crippen LogP contribution in [-0.4, -0.2) is 59.9 Å². The fourth-order valence-electron chi connectivity index (χ4n) is 3.55. The van der Waals surface area contributed by atoms with E-state index in [4.69, 9.17) is 4.74 Å². The minimum absolute atomic E-state index is 0.276. The van der Waals surface area contributed by atoms with Crippen LogP contribution in [0.4, 0.5) is 4.39 Å². The molecule has 9 heteroatoms. The average molecular weight is 504 g/mol. The molecule has 1 heterocycles. The Morgan fingerprint density at radius 3 is 2.66 bits per heavy atom. The van der Waals surface area contributed by atoms with Crippen molar-refractivity contribution >= 4 is 23.2 Å². The van der Waals surface area contributed by atoms with Crippen molar-refractivity contribution in [3.05, 3.63) is 73.8 Å². The van der Waals surface area contributed by atoms with Crippen LogP contribution in [0.2, 0.25) is 0 Å². The van der Waals surface area contributed by atoms with Gasteiger partial charge in [-0.15, -0.1) is 0 Å². The number of carbonyl (C=O) groups excluding carboxylic acids is 1. The molecule has 0 aliphatic carbocycles. The van der Waals surface area contributed by atoms with Crippen molar-refractivity contribution in [2.24, 2.45) is 4.99 Å². The number of thioether (sulfide) groups is 1. The van der Waals surface area contributed by atoms with E-state index in [-0.39, 0.29) is 17.1 Å². The van der Waals surface area contributed by atoms with Gasteiger partial charge in [0.2, 0.25) is 11.8 Å². The van der Waals surface area contributed by atoms with E-state index in [9.17, 15) is 19.1 Å². The lowest BCUT2D eigenvalue weighted by Crippen LogP contribution is -2.30. The van der Waals surface area contributed by atoms with Crippen molar-refractivity contribution < 1.29 is 19.0 Å². The molecule has 1 N–H and O–H groups in total. The number of nitrogens with zero attached hydrogens (tertiary/aromatic N) is 3. The van der Waals surface area contributed by atoms with Crippen molar-refractivity contribution in [1.82, 2.24) is 9.47 Å². The number of aromatic hydroxyl groups is 1. The molecule has 1 aromatic carbocycles. The Kier molecular flexibility index (Phi) is 11.2. The minimum atomic E-state index is -0.493. The Labute approximate surface area is 210 Å². The van der Waals surface area contributed by atoms with Crippen LogP contribution in [0.15, 0.2) is 45.2 Å². The van der Waals surface area contributed by atoms with Crippen molar-refractivity contribution in [2.75, 3.05) is 33.9 Å². The molecule has 0 atom stereocenters. The van der Waals surface area contributed by atoms with Gasteiger partial charge in [0.25, 0.3) is 0 Å². The number of benzene rings is 1. The molecule has 190 valence electrons. The zero-order chi connectivity index (χ0) is 26.0. The number of allylic oxidation sites excluding steroid dienone is 2. The zero-order valence-corrected chi connectivity index (χ0v) is 21.8. The first kappa shape index (κ1) is 28.3. The van der Waals surface area contributed by atoms with Gasteiger partial charge in [0.15, 0.2) is 5.75 Å². The number of halogens is 1. The molecule has 1 amide bonds. The first-order valence-electron chi connectivity index (χ1n) is 11.5. The number of amides is 1. The van der Waals surface area contributed by atoms with Gasteiger partial charge in [0, 0.05) is 46.4 Å². The minimum Gasteiger partial charge on any atom is -0.503 e. The van der Waals surface area contributed by atoms with Crippen molar-refractivity contribution in [3.63, 3.8) is 0 Å². The number of aryl methyl sites for hydroxylation is 1. The lowest BCUT2D eigenvalue weighted by Gasteiger charge is -2.20. The standard InChI is InChI=1S/C26H34FN3O4S/c1-6-7-22(15-20-8-9-21(27)14-18(20)2)35-26(28-4)23-16-30(19(3)24(32)25(23)33)11-10-29(17-31)12-13-34-5/h7-9,14,16-17,32H,6,10-13,15H2,1-5H3/b22-7+,28-26?. The summed E-state index contributed by atoms with van der Waals surface area (Å²) in [5.41, 5.74) is 2.05. The summed E-state index contributed by atoms with van der Waals surface area (Å²) in [6, 6.07) is 4.71. The Morgan fingerprint density at radius 1 is 1.31 bits per heavy atom. The lowest BCUT2D eigenvalue weighted by molar-refractivity contribution is -0.118. The van der Waals surface area contributed by atoms with Crippen LogP contribution in [0.5, 0.6) is 5.75 Å². The Morgan fingerprint density at radius 2 is 2.06 bits per heavy atom. The third-order valence-corrected chi connectivity index (χ3v) is 6.81. The summed E-state index contributed by atoms with van der Waals surface area (Å²) < 4.78 is 20.3. The largest absolute Gasteiger partial charge is 0.503 e. The quantitative estimate of drug-likeness (QED) is 0.268. The van der Waals surface area contributed by atoms with Crippen LogP contribution in [0.25, 0.3) is 0 Å². The summed E-state index contributed by atoms with van der Waals surface area (Å²) in [6.45, 7) is 7.21. The van der Waals surface area contributed by atoms with Crippen LogP contribution in [-0.2, 0) is 22.5 Å². The monoisotopic (exact) mass is 503 g/mol. The van der Waals surface area contributed by atoms with Gasteiger partial charge in [0.1, 0.15) is 10.9 Å². The van der Waals surface area contributed by atoms with Crippen molar-refractivity contribution in [3.8, 4) is 5.75 Å². The molecule has 0 aliphatic rings. The highest BCUT2D eigenvalue weighted by Crippen LogP contribution is 2.28. The number of hydrogen-bond acceptors (Lipinski definition) is 6. The van der Waals surface area contributed by atoms with Gasteiger partial charge in [0.05, 0.1) is 17.9 Å².